The molecule has 3 rings (SSSR count). The topological polar surface area (TPSA) is 75.2 Å². The lowest BCUT2D eigenvalue weighted by Crippen LogP contribution is -2.61. The number of aryl methyl sites for hydroxylation is 1. The minimum atomic E-state index is -3.06. The number of alkyl halides is 2. The van der Waals surface area contributed by atoms with Crippen molar-refractivity contribution in [2.24, 2.45) is 5.41 Å². The molecule has 23 heavy (non-hydrogen) atoms. The van der Waals surface area contributed by atoms with Crippen LogP contribution in [0.2, 0.25) is 0 Å². The van der Waals surface area contributed by atoms with E-state index in [1.165, 1.54) is 11.3 Å². The lowest BCUT2D eigenvalue weighted by atomic mass is 9.72. The summed E-state index contributed by atoms with van der Waals surface area (Å²) in [4.78, 5) is 25.7. The third-order valence-corrected chi connectivity index (χ3v) is 5.17. The molecule has 0 saturated carbocycles. The molecule has 0 aromatic carbocycles. The van der Waals surface area contributed by atoms with Crippen molar-refractivity contribution in [2.75, 3.05) is 19.6 Å². The Morgan fingerprint density at radius 3 is 2.83 bits per heavy atom. The minimum absolute atomic E-state index is 0.0467. The van der Waals surface area contributed by atoms with Crippen LogP contribution < -0.4 is 5.32 Å². The van der Waals surface area contributed by atoms with Gasteiger partial charge in [-0.15, -0.1) is 21.5 Å². The fraction of sp³-hybridized carbons (Fsp3) is 0.714. The lowest BCUT2D eigenvalue weighted by molar-refractivity contribution is -0.165. The highest BCUT2D eigenvalue weighted by atomic mass is 32.1. The molecule has 9 heteroatoms. The molecule has 3 heterocycles. The van der Waals surface area contributed by atoms with Crippen molar-refractivity contribution >= 4 is 23.2 Å². The van der Waals surface area contributed by atoms with Gasteiger partial charge in [0.1, 0.15) is 10.0 Å². The number of carbonyl (C=O) groups is 2. The number of hydrogen-bond donors (Lipinski definition) is 1. The van der Waals surface area contributed by atoms with Crippen LogP contribution in [0.3, 0.4) is 0 Å². The van der Waals surface area contributed by atoms with Gasteiger partial charge in [0.15, 0.2) is 0 Å². The van der Waals surface area contributed by atoms with Gasteiger partial charge in [0.25, 0.3) is 5.92 Å². The molecule has 1 aromatic rings. The highest BCUT2D eigenvalue weighted by Crippen LogP contribution is 2.43. The molecule has 0 radical (unpaired) electrons. The van der Waals surface area contributed by atoms with Gasteiger partial charge < -0.3 is 10.2 Å². The summed E-state index contributed by atoms with van der Waals surface area (Å²) in [6.45, 7) is 1.68. The van der Waals surface area contributed by atoms with E-state index in [-0.39, 0.29) is 18.9 Å². The Balaban J connectivity index is 1.78. The van der Waals surface area contributed by atoms with Crippen LogP contribution >= 0.6 is 11.3 Å². The van der Waals surface area contributed by atoms with Crippen LogP contribution in [0.1, 0.15) is 29.3 Å². The van der Waals surface area contributed by atoms with E-state index in [0.717, 1.165) is 9.91 Å². The molecule has 2 aliphatic heterocycles. The Morgan fingerprint density at radius 2 is 2.17 bits per heavy atom. The summed E-state index contributed by atoms with van der Waals surface area (Å²) in [6, 6.07) is 0. The zero-order valence-electron chi connectivity index (χ0n) is 12.8. The molecule has 1 aromatic heterocycles. The fourth-order valence-corrected chi connectivity index (χ4v) is 4.08. The van der Waals surface area contributed by atoms with Crippen LogP contribution in [0.4, 0.5) is 8.78 Å². The van der Waals surface area contributed by atoms with E-state index in [0.29, 0.717) is 24.4 Å². The second-order valence-electron chi connectivity index (χ2n) is 6.31. The molecule has 6 nitrogen and oxygen atoms in total. The monoisotopic (exact) mass is 344 g/mol. The molecule has 1 atom stereocenters. The Morgan fingerprint density at radius 1 is 1.39 bits per heavy atom. The van der Waals surface area contributed by atoms with E-state index >= 15 is 0 Å². The molecule has 126 valence electrons. The van der Waals surface area contributed by atoms with E-state index in [4.69, 9.17) is 0 Å². The second kappa shape index (κ2) is 5.77. The number of nitrogens with zero attached hydrogens (tertiary/aromatic N) is 3. The van der Waals surface area contributed by atoms with Crippen molar-refractivity contribution in [3.05, 3.63) is 10.0 Å². The van der Waals surface area contributed by atoms with Crippen molar-refractivity contribution < 1.29 is 18.4 Å². The van der Waals surface area contributed by atoms with Gasteiger partial charge in [-0.2, -0.15) is 0 Å². The number of rotatable bonds is 2. The van der Waals surface area contributed by atoms with Crippen molar-refractivity contribution in [1.82, 2.24) is 20.4 Å². The number of likely N-dealkylation sites (tertiary alicyclic amines) is 1. The number of hydrogen-bond acceptors (Lipinski definition) is 5. The summed E-state index contributed by atoms with van der Waals surface area (Å²) in [7, 11) is 0. The molecule has 0 bridgehead atoms. The summed E-state index contributed by atoms with van der Waals surface area (Å²) in [5, 5.41) is 11.6. The fourth-order valence-electron chi connectivity index (χ4n) is 3.38. The van der Waals surface area contributed by atoms with Crippen molar-refractivity contribution in [3.63, 3.8) is 0 Å². The Hall–Kier alpha value is -1.64. The number of aromatic nitrogens is 2. The van der Waals surface area contributed by atoms with Crippen LogP contribution in [0, 0.1) is 12.3 Å². The summed E-state index contributed by atoms with van der Waals surface area (Å²) in [6.07, 6.45) is 0.488. The van der Waals surface area contributed by atoms with Crippen molar-refractivity contribution in [1.29, 1.82) is 0 Å². The average molecular weight is 344 g/mol. The SMILES string of the molecule is Cc1nnc(CC(=O)N2CC(F)(F)CC3(CCCNC3=O)C2)s1. The summed E-state index contributed by atoms with van der Waals surface area (Å²) in [5.41, 5.74) is -1.17. The first-order chi connectivity index (χ1) is 10.8. The highest BCUT2D eigenvalue weighted by Gasteiger charge is 2.54. The van der Waals surface area contributed by atoms with Gasteiger partial charge >= 0.3 is 0 Å². The first-order valence-corrected chi connectivity index (χ1v) is 8.34. The van der Waals surface area contributed by atoms with Crippen molar-refractivity contribution in [3.8, 4) is 0 Å². The number of carbonyl (C=O) groups excluding carboxylic acids is 2. The van der Waals surface area contributed by atoms with E-state index in [2.05, 4.69) is 15.5 Å². The number of amides is 2. The van der Waals surface area contributed by atoms with Crippen LogP contribution in [-0.2, 0) is 16.0 Å². The molecule has 2 aliphatic rings. The largest absolute Gasteiger partial charge is 0.356 e. The Kier molecular flexibility index (Phi) is 4.07. The van der Waals surface area contributed by atoms with Crippen LogP contribution in [0.25, 0.3) is 0 Å². The molecule has 1 spiro atoms. The first kappa shape index (κ1) is 16.2. The predicted molar refractivity (Wildman–Crippen MR) is 79.2 cm³/mol. The highest BCUT2D eigenvalue weighted by molar-refractivity contribution is 7.11. The summed E-state index contributed by atoms with van der Waals surface area (Å²) >= 11 is 1.27. The summed E-state index contributed by atoms with van der Waals surface area (Å²) in [5.74, 6) is -3.86. The van der Waals surface area contributed by atoms with Crippen LogP contribution in [-0.4, -0.2) is 52.5 Å². The van der Waals surface area contributed by atoms with Gasteiger partial charge in [0, 0.05) is 19.5 Å². The molecule has 2 saturated heterocycles. The quantitative estimate of drug-likeness (QED) is 0.873. The van der Waals surface area contributed by atoms with Gasteiger partial charge in [0.2, 0.25) is 11.8 Å². The second-order valence-corrected chi connectivity index (χ2v) is 7.58. The molecule has 1 N–H and O–H groups in total. The van der Waals surface area contributed by atoms with Gasteiger partial charge in [-0.3, -0.25) is 9.59 Å². The van der Waals surface area contributed by atoms with E-state index in [1.54, 1.807) is 6.92 Å². The molecule has 2 fully saturated rings. The Bertz CT molecular complexity index is 636. The standard InChI is InChI=1S/C14H18F2N4O2S/c1-9-18-19-10(23-9)5-11(21)20-7-13(6-14(15,16)8-20)3-2-4-17-12(13)22/h2-8H2,1H3,(H,17,22). The zero-order chi connectivity index (χ0) is 16.7. The number of nitrogens with one attached hydrogen (secondary N) is 1. The van der Waals surface area contributed by atoms with Crippen LogP contribution in [0.5, 0.6) is 0 Å². The van der Waals surface area contributed by atoms with Crippen molar-refractivity contribution in [2.45, 2.75) is 38.5 Å². The van der Waals surface area contributed by atoms with Gasteiger partial charge in [-0.1, -0.05) is 0 Å². The smallest absolute Gasteiger partial charge is 0.266 e. The van der Waals surface area contributed by atoms with E-state index < -0.39 is 30.2 Å². The van der Waals surface area contributed by atoms with Gasteiger partial charge in [-0.25, -0.2) is 8.78 Å². The maximum Gasteiger partial charge on any atom is 0.266 e. The first-order valence-electron chi connectivity index (χ1n) is 7.53. The molecule has 2 amide bonds. The maximum atomic E-state index is 14.2. The summed E-state index contributed by atoms with van der Waals surface area (Å²) < 4.78 is 28.3. The molecule has 1 unspecified atom stereocenters. The van der Waals surface area contributed by atoms with E-state index in [1.807, 2.05) is 0 Å². The number of halogens is 2. The third-order valence-electron chi connectivity index (χ3n) is 4.34. The van der Waals surface area contributed by atoms with Crippen LogP contribution in [0.15, 0.2) is 0 Å². The molecular weight excluding hydrogens is 326 g/mol. The predicted octanol–water partition coefficient (Wildman–Crippen LogP) is 1.15. The molecular formula is C14H18F2N4O2S. The third kappa shape index (κ3) is 3.34. The lowest BCUT2D eigenvalue weighted by Gasteiger charge is -2.46. The number of piperidine rings is 2. The Labute approximate surface area is 136 Å². The normalized spacial score (nSPS) is 27.1. The molecule has 0 aliphatic carbocycles. The van der Waals surface area contributed by atoms with E-state index in [9.17, 15) is 18.4 Å². The minimum Gasteiger partial charge on any atom is -0.356 e. The zero-order valence-corrected chi connectivity index (χ0v) is 13.6. The van der Waals surface area contributed by atoms with Gasteiger partial charge in [-0.05, 0) is 19.8 Å². The maximum absolute atomic E-state index is 14.2. The average Bonchev–Trinajstić information content (AvgIpc) is 2.86. The van der Waals surface area contributed by atoms with Gasteiger partial charge in [0.05, 0.1) is 18.4 Å².